The van der Waals surface area contributed by atoms with Crippen LogP contribution in [0.1, 0.15) is 22.3 Å². The average molecular weight is 390 g/mol. The van der Waals surface area contributed by atoms with Gasteiger partial charge in [0, 0.05) is 44.7 Å². The van der Waals surface area contributed by atoms with Gasteiger partial charge in [-0.25, -0.2) is 12.8 Å². The van der Waals surface area contributed by atoms with Crippen molar-refractivity contribution >= 4 is 15.8 Å². The van der Waals surface area contributed by atoms with Gasteiger partial charge in [0.2, 0.25) is 10.0 Å². The van der Waals surface area contributed by atoms with E-state index in [1.807, 2.05) is 18.2 Å². The second-order valence-corrected chi connectivity index (χ2v) is 8.63. The second kappa shape index (κ2) is 8.29. The van der Waals surface area contributed by atoms with Gasteiger partial charge in [-0.3, -0.25) is 4.79 Å². The summed E-state index contributed by atoms with van der Waals surface area (Å²) in [5.41, 5.74) is 1.01. The minimum Gasteiger partial charge on any atom is -0.300 e. The molecule has 27 heavy (non-hydrogen) atoms. The third-order valence-corrected chi connectivity index (χ3v) is 6.74. The molecule has 1 aliphatic rings. The first-order chi connectivity index (χ1) is 12.9. The molecule has 0 N–H and O–H groups in total. The van der Waals surface area contributed by atoms with E-state index in [-0.39, 0.29) is 10.7 Å². The lowest BCUT2D eigenvalue weighted by molar-refractivity contribution is 0.0952. The van der Waals surface area contributed by atoms with Crippen LogP contribution < -0.4 is 0 Å². The second-order valence-electron chi connectivity index (χ2n) is 6.70. The van der Waals surface area contributed by atoms with Gasteiger partial charge in [0.05, 0.1) is 4.90 Å². The van der Waals surface area contributed by atoms with Crippen molar-refractivity contribution in [2.75, 3.05) is 32.7 Å². The first-order valence-corrected chi connectivity index (χ1v) is 10.4. The van der Waals surface area contributed by atoms with Crippen molar-refractivity contribution in [3.05, 3.63) is 65.5 Å². The van der Waals surface area contributed by atoms with Gasteiger partial charge in [-0.1, -0.05) is 30.3 Å². The summed E-state index contributed by atoms with van der Waals surface area (Å²) >= 11 is 0. The highest BCUT2D eigenvalue weighted by molar-refractivity contribution is 7.89. The van der Waals surface area contributed by atoms with Crippen LogP contribution in [0, 0.1) is 12.7 Å². The number of nitrogens with zero attached hydrogens (tertiary/aromatic N) is 2. The Morgan fingerprint density at radius 2 is 1.70 bits per heavy atom. The summed E-state index contributed by atoms with van der Waals surface area (Å²) in [4.78, 5) is 14.4. The molecule has 3 rings (SSSR count). The Labute approximate surface area is 159 Å². The molecule has 144 valence electrons. The summed E-state index contributed by atoms with van der Waals surface area (Å²) < 4.78 is 40.3. The zero-order valence-electron chi connectivity index (χ0n) is 15.3. The van der Waals surface area contributed by atoms with Crippen LogP contribution in [0.3, 0.4) is 0 Å². The highest BCUT2D eigenvalue weighted by atomic mass is 32.2. The topological polar surface area (TPSA) is 57.7 Å². The van der Waals surface area contributed by atoms with Crippen LogP contribution in [0.5, 0.6) is 0 Å². The summed E-state index contributed by atoms with van der Waals surface area (Å²) in [7, 11) is -3.63. The molecule has 2 aromatic rings. The summed E-state index contributed by atoms with van der Waals surface area (Å²) in [6, 6.07) is 13.0. The number of Topliss-reactive ketones (excluding diaryl/α,β-unsaturated/α-hetero) is 1. The van der Waals surface area contributed by atoms with E-state index in [4.69, 9.17) is 0 Å². The number of rotatable bonds is 6. The minimum absolute atomic E-state index is 0.0902. The fraction of sp³-hybridized carbons (Fsp3) is 0.350. The number of ketones is 1. The monoisotopic (exact) mass is 390 g/mol. The highest BCUT2D eigenvalue weighted by Crippen LogP contribution is 2.20. The van der Waals surface area contributed by atoms with Crippen molar-refractivity contribution in [3.63, 3.8) is 0 Å². The Hall–Kier alpha value is -2.09. The first-order valence-electron chi connectivity index (χ1n) is 8.95. The minimum atomic E-state index is -3.63. The van der Waals surface area contributed by atoms with Gasteiger partial charge < -0.3 is 4.90 Å². The molecule has 1 aliphatic heterocycles. The molecule has 0 amide bonds. The Morgan fingerprint density at radius 1 is 1.04 bits per heavy atom. The fourth-order valence-corrected chi connectivity index (χ4v) is 4.66. The van der Waals surface area contributed by atoms with Crippen LogP contribution >= 0.6 is 0 Å². The predicted octanol–water partition coefficient (Wildman–Crippen LogP) is 2.71. The van der Waals surface area contributed by atoms with E-state index in [0.29, 0.717) is 50.3 Å². The third-order valence-electron chi connectivity index (χ3n) is 4.85. The quantitative estimate of drug-likeness (QED) is 0.712. The summed E-state index contributed by atoms with van der Waals surface area (Å²) in [5, 5.41) is 0. The number of aryl methyl sites for hydroxylation is 1. The first kappa shape index (κ1) is 19.7. The van der Waals surface area contributed by atoms with E-state index in [0.717, 1.165) is 0 Å². The number of carbonyl (C=O) groups excluding carboxylic acids is 1. The Morgan fingerprint density at radius 3 is 2.33 bits per heavy atom. The molecule has 2 aromatic carbocycles. The average Bonchev–Trinajstić information content (AvgIpc) is 2.69. The number of hydrogen-bond donors (Lipinski definition) is 0. The smallest absolute Gasteiger partial charge is 0.243 e. The van der Waals surface area contributed by atoms with Crippen LogP contribution in [0.25, 0.3) is 0 Å². The maximum atomic E-state index is 13.4. The molecule has 0 aromatic heterocycles. The number of sulfonamides is 1. The molecule has 1 saturated heterocycles. The molecule has 0 atom stereocenters. The van der Waals surface area contributed by atoms with E-state index < -0.39 is 15.8 Å². The van der Waals surface area contributed by atoms with Crippen LogP contribution in [0.15, 0.2) is 53.4 Å². The zero-order chi connectivity index (χ0) is 19.4. The van der Waals surface area contributed by atoms with Gasteiger partial charge >= 0.3 is 0 Å². The standard InChI is InChI=1S/C20H23FN2O3S/c1-16-15-18(7-8-19(16)21)27(25,26)23-13-11-22(12-14-23)10-9-20(24)17-5-3-2-4-6-17/h2-8,15H,9-14H2,1H3. The van der Waals surface area contributed by atoms with Gasteiger partial charge in [-0.15, -0.1) is 0 Å². The SMILES string of the molecule is Cc1cc(S(=O)(=O)N2CCN(CCC(=O)c3ccccc3)CC2)ccc1F. The summed E-state index contributed by atoms with van der Waals surface area (Å²) in [5.74, 6) is -0.325. The van der Waals surface area contributed by atoms with Crippen molar-refractivity contribution in [2.45, 2.75) is 18.2 Å². The van der Waals surface area contributed by atoms with Gasteiger partial charge in [0.1, 0.15) is 5.82 Å². The number of halogens is 1. The fourth-order valence-electron chi connectivity index (χ4n) is 3.15. The Bertz CT molecular complexity index is 908. The van der Waals surface area contributed by atoms with Crippen LogP contribution in [-0.4, -0.2) is 56.1 Å². The van der Waals surface area contributed by atoms with Crippen LogP contribution in [-0.2, 0) is 10.0 Å². The number of benzene rings is 2. The lowest BCUT2D eigenvalue weighted by Gasteiger charge is -2.33. The predicted molar refractivity (Wildman–Crippen MR) is 102 cm³/mol. The lowest BCUT2D eigenvalue weighted by atomic mass is 10.1. The third kappa shape index (κ3) is 4.61. The van der Waals surface area contributed by atoms with E-state index in [9.17, 15) is 17.6 Å². The van der Waals surface area contributed by atoms with Gasteiger partial charge in [0.15, 0.2) is 5.78 Å². The van der Waals surface area contributed by atoms with E-state index in [1.165, 1.54) is 22.5 Å². The summed E-state index contributed by atoms with van der Waals surface area (Å²) in [6.07, 6.45) is 0.411. The molecule has 0 aliphatic carbocycles. The number of hydrogen-bond acceptors (Lipinski definition) is 4. The molecule has 7 heteroatoms. The van der Waals surface area contributed by atoms with Crippen LogP contribution in [0.2, 0.25) is 0 Å². The maximum absolute atomic E-state index is 13.4. The van der Waals surface area contributed by atoms with Crippen molar-refractivity contribution in [1.82, 2.24) is 9.21 Å². The van der Waals surface area contributed by atoms with Gasteiger partial charge in [0.25, 0.3) is 0 Å². The van der Waals surface area contributed by atoms with Crippen molar-refractivity contribution in [2.24, 2.45) is 0 Å². The number of piperazine rings is 1. The molecule has 1 heterocycles. The van der Waals surface area contributed by atoms with Crippen LogP contribution in [0.4, 0.5) is 4.39 Å². The zero-order valence-corrected chi connectivity index (χ0v) is 16.1. The van der Waals surface area contributed by atoms with E-state index in [1.54, 1.807) is 19.1 Å². The van der Waals surface area contributed by atoms with Gasteiger partial charge in [-0.2, -0.15) is 4.31 Å². The molecule has 0 radical (unpaired) electrons. The molecule has 0 saturated carbocycles. The molecule has 0 spiro atoms. The maximum Gasteiger partial charge on any atom is 0.243 e. The van der Waals surface area contributed by atoms with E-state index in [2.05, 4.69) is 4.90 Å². The molecule has 1 fully saturated rings. The normalized spacial score (nSPS) is 16.4. The van der Waals surface area contributed by atoms with Crippen molar-refractivity contribution < 1.29 is 17.6 Å². The Balaban J connectivity index is 1.55. The largest absolute Gasteiger partial charge is 0.300 e. The van der Waals surface area contributed by atoms with Crippen molar-refractivity contribution in [1.29, 1.82) is 0 Å². The molecule has 0 bridgehead atoms. The van der Waals surface area contributed by atoms with E-state index >= 15 is 0 Å². The number of carbonyl (C=O) groups is 1. The molecule has 5 nitrogen and oxygen atoms in total. The molecular weight excluding hydrogens is 367 g/mol. The molecule has 0 unspecified atom stereocenters. The van der Waals surface area contributed by atoms with Gasteiger partial charge in [-0.05, 0) is 30.7 Å². The highest BCUT2D eigenvalue weighted by Gasteiger charge is 2.28. The molecular formula is C20H23FN2O3S. The Kier molecular flexibility index (Phi) is 6.04. The van der Waals surface area contributed by atoms with Crippen molar-refractivity contribution in [3.8, 4) is 0 Å². The summed E-state index contributed by atoms with van der Waals surface area (Å²) in [6.45, 7) is 4.02. The lowest BCUT2D eigenvalue weighted by Crippen LogP contribution is -2.48.